The third kappa shape index (κ3) is 3.10. The van der Waals surface area contributed by atoms with Gasteiger partial charge in [0.1, 0.15) is 18.4 Å². The number of imide groups is 1. The van der Waals surface area contributed by atoms with Crippen molar-refractivity contribution in [3.05, 3.63) is 54.2 Å². The van der Waals surface area contributed by atoms with Crippen molar-refractivity contribution >= 4 is 23.4 Å². The molecule has 1 aromatic carbocycles. The highest BCUT2D eigenvalue weighted by Gasteiger charge is 2.41. The van der Waals surface area contributed by atoms with E-state index in [9.17, 15) is 14.9 Å². The molecular weight excluding hydrogens is 342 g/mol. The molecule has 2 aliphatic rings. The molecule has 136 valence electrons. The smallest absolute Gasteiger partial charge is 0.332 e. The molecular formula is C20H19N5O2. The van der Waals surface area contributed by atoms with Crippen LogP contribution in [0.1, 0.15) is 18.4 Å². The lowest BCUT2D eigenvalue weighted by atomic mass is 10.0. The van der Waals surface area contributed by atoms with Gasteiger partial charge in [-0.25, -0.2) is 14.7 Å². The number of hydrogen-bond donors (Lipinski definition) is 0. The van der Waals surface area contributed by atoms with E-state index in [4.69, 9.17) is 0 Å². The molecule has 0 spiro atoms. The molecule has 0 saturated carbocycles. The summed E-state index contributed by atoms with van der Waals surface area (Å²) < 4.78 is 0. The van der Waals surface area contributed by atoms with E-state index in [1.807, 2.05) is 18.2 Å². The number of amides is 3. The fourth-order valence-electron chi connectivity index (χ4n) is 3.76. The highest BCUT2D eigenvalue weighted by molar-refractivity contribution is 6.19. The van der Waals surface area contributed by atoms with Crippen molar-refractivity contribution in [3.63, 3.8) is 0 Å². The van der Waals surface area contributed by atoms with Crippen LogP contribution in [0.25, 0.3) is 0 Å². The lowest BCUT2D eigenvalue weighted by molar-refractivity contribution is -0.116. The quantitative estimate of drug-likeness (QED) is 0.784. The largest absolute Gasteiger partial charge is 0.355 e. The summed E-state index contributed by atoms with van der Waals surface area (Å²) in [4.78, 5) is 34.6. The molecule has 2 saturated heterocycles. The second-order valence-electron chi connectivity index (χ2n) is 6.68. The zero-order valence-electron chi connectivity index (χ0n) is 14.8. The minimum Gasteiger partial charge on any atom is -0.355 e. The van der Waals surface area contributed by atoms with Gasteiger partial charge in [0.05, 0.1) is 11.3 Å². The SMILES string of the molecule is N#Cc1cccnc1N1CCC(N2CC(=O)N(c3ccccc3)C2=O)CC1. The number of piperidine rings is 1. The lowest BCUT2D eigenvalue weighted by Crippen LogP contribution is -2.47. The number of anilines is 2. The Hall–Kier alpha value is -3.40. The van der Waals surface area contributed by atoms with Crippen LogP contribution in [0.4, 0.5) is 16.3 Å². The maximum atomic E-state index is 12.8. The van der Waals surface area contributed by atoms with Crippen molar-refractivity contribution in [2.24, 2.45) is 0 Å². The van der Waals surface area contributed by atoms with Gasteiger partial charge in [0.15, 0.2) is 0 Å². The molecule has 0 radical (unpaired) electrons. The second kappa shape index (κ2) is 7.08. The van der Waals surface area contributed by atoms with Crippen LogP contribution in [0, 0.1) is 11.3 Å². The van der Waals surface area contributed by atoms with E-state index in [1.165, 1.54) is 4.90 Å². The van der Waals surface area contributed by atoms with E-state index in [2.05, 4.69) is 16.0 Å². The fourth-order valence-corrected chi connectivity index (χ4v) is 3.76. The molecule has 2 aliphatic heterocycles. The summed E-state index contributed by atoms with van der Waals surface area (Å²) >= 11 is 0. The first kappa shape index (κ1) is 17.0. The van der Waals surface area contributed by atoms with Crippen LogP contribution in [-0.2, 0) is 4.79 Å². The molecule has 3 heterocycles. The van der Waals surface area contributed by atoms with Crippen molar-refractivity contribution < 1.29 is 9.59 Å². The van der Waals surface area contributed by atoms with E-state index < -0.39 is 0 Å². The average molecular weight is 361 g/mol. The molecule has 0 N–H and O–H groups in total. The molecule has 7 nitrogen and oxygen atoms in total. The van der Waals surface area contributed by atoms with Crippen molar-refractivity contribution in [2.75, 3.05) is 29.4 Å². The van der Waals surface area contributed by atoms with Gasteiger partial charge in [-0.3, -0.25) is 4.79 Å². The number of carbonyl (C=O) groups excluding carboxylic acids is 2. The summed E-state index contributed by atoms with van der Waals surface area (Å²) in [6.45, 7) is 1.50. The Morgan fingerprint density at radius 1 is 1.04 bits per heavy atom. The lowest BCUT2D eigenvalue weighted by Gasteiger charge is -2.36. The van der Waals surface area contributed by atoms with Gasteiger partial charge in [-0.1, -0.05) is 18.2 Å². The summed E-state index contributed by atoms with van der Waals surface area (Å²) in [6.07, 6.45) is 3.16. The molecule has 2 aromatic rings. The third-order valence-corrected chi connectivity index (χ3v) is 5.12. The maximum Gasteiger partial charge on any atom is 0.332 e. The minimum atomic E-state index is -0.250. The maximum absolute atomic E-state index is 12.8. The zero-order valence-corrected chi connectivity index (χ0v) is 14.8. The Kier molecular flexibility index (Phi) is 4.47. The van der Waals surface area contributed by atoms with Gasteiger partial charge in [-0.2, -0.15) is 5.26 Å². The Morgan fingerprint density at radius 3 is 2.48 bits per heavy atom. The number of urea groups is 1. The van der Waals surface area contributed by atoms with E-state index in [0.717, 1.165) is 12.8 Å². The van der Waals surface area contributed by atoms with Crippen LogP contribution < -0.4 is 9.80 Å². The number of aromatic nitrogens is 1. The Balaban J connectivity index is 1.45. The van der Waals surface area contributed by atoms with Crippen molar-refractivity contribution in [1.29, 1.82) is 5.26 Å². The molecule has 0 atom stereocenters. The van der Waals surface area contributed by atoms with Crippen LogP contribution in [0.2, 0.25) is 0 Å². The van der Waals surface area contributed by atoms with Gasteiger partial charge in [-0.05, 0) is 37.1 Å². The summed E-state index contributed by atoms with van der Waals surface area (Å²) in [6, 6.07) is 14.5. The van der Waals surface area contributed by atoms with E-state index in [0.29, 0.717) is 30.2 Å². The normalized spacial score (nSPS) is 18.1. The molecule has 7 heteroatoms. The fraction of sp³-hybridized carbons (Fsp3) is 0.300. The van der Waals surface area contributed by atoms with Crippen LogP contribution in [-0.4, -0.2) is 47.5 Å². The molecule has 27 heavy (non-hydrogen) atoms. The molecule has 0 bridgehead atoms. The Bertz CT molecular complexity index is 900. The van der Waals surface area contributed by atoms with Crippen molar-refractivity contribution in [1.82, 2.24) is 9.88 Å². The number of rotatable bonds is 3. The molecule has 2 fully saturated rings. The molecule has 1 aromatic heterocycles. The van der Waals surface area contributed by atoms with Crippen molar-refractivity contribution in [3.8, 4) is 6.07 Å². The topological polar surface area (TPSA) is 80.5 Å². The van der Waals surface area contributed by atoms with Crippen molar-refractivity contribution in [2.45, 2.75) is 18.9 Å². The third-order valence-electron chi connectivity index (χ3n) is 5.12. The first-order valence-electron chi connectivity index (χ1n) is 8.97. The minimum absolute atomic E-state index is 0.0145. The van der Waals surface area contributed by atoms with E-state index >= 15 is 0 Å². The first-order chi connectivity index (χ1) is 13.2. The molecule has 3 amide bonds. The highest BCUT2D eigenvalue weighted by atomic mass is 16.2. The van der Waals surface area contributed by atoms with Gasteiger partial charge in [0.2, 0.25) is 0 Å². The van der Waals surface area contributed by atoms with Crippen LogP contribution in [0.3, 0.4) is 0 Å². The Morgan fingerprint density at radius 2 is 1.78 bits per heavy atom. The molecule has 0 aliphatic carbocycles. The van der Waals surface area contributed by atoms with Crippen LogP contribution in [0.5, 0.6) is 0 Å². The highest BCUT2D eigenvalue weighted by Crippen LogP contribution is 2.28. The summed E-state index contributed by atoms with van der Waals surface area (Å²) in [7, 11) is 0. The summed E-state index contributed by atoms with van der Waals surface area (Å²) in [5, 5.41) is 9.26. The standard InChI is InChI=1S/C20H19N5O2/c21-13-15-5-4-10-22-19(15)23-11-8-16(9-12-23)24-14-18(26)25(20(24)27)17-6-2-1-3-7-17/h1-7,10,16H,8-9,11-12,14H2. The number of pyridine rings is 1. The summed E-state index contributed by atoms with van der Waals surface area (Å²) in [5.74, 6) is 0.498. The van der Waals surface area contributed by atoms with Gasteiger partial charge in [0.25, 0.3) is 5.91 Å². The van der Waals surface area contributed by atoms with Gasteiger partial charge in [0, 0.05) is 25.3 Å². The predicted molar refractivity (Wildman–Crippen MR) is 100 cm³/mol. The number of nitrogens with zero attached hydrogens (tertiary/aromatic N) is 5. The number of nitriles is 1. The summed E-state index contributed by atoms with van der Waals surface area (Å²) in [5.41, 5.74) is 1.17. The number of carbonyl (C=O) groups is 2. The average Bonchev–Trinajstić information content (AvgIpc) is 3.02. The van der Waals surface area contributed by atoms with Gasteiger partial charge < -0.3 is 9.80 Å². The molecule has 0 unspecified atom stereocenters. The first-order valence-corrected chi connectivity index (χ1v) is 8.97. The zero-order chi connectivity index (χ0) is 18.8. The monoisotopic (exact) mass is 361 g/mol. The van der Waals surface area contributed by atoms with E-state index in [-0.39, 0.29) is 24.5 Å². The van der Waals surface area contributed by atoms with Crippen LogP contribution in [0.15, 0.2) is 48.7 Å². The number of hydrogen-bond acceptors (Lipinski definition) is 5. The van der Waals surface area contributed by atoms with Gasteiger partial charge in [-0.15, -0.1) is 0 Å². The van der Waals surface area contributed by atoms with Crippen LogP contribution >= 0.6 is 0 Å². The van der Waals surface area contributed by atoms with Gasteiger partial charge >= 0.3 is 6.03 Å². The second-order valence-corrected chi connectivity index (χ2v) is 6.68. The predicted octanol–water partition coefficient (Wildman–Crippen LogP) is 2.39. The Labute approximate surface area is 157 Å². The van der Waals surface area contributed by atoms with E-state index in [1.54, 1.807) is 35.4 Å². The number of benzene rings is 1. The molecule has 4 rings (SSSR count). The number of para-hydroxylation sites is 1.